The van der Waals surface area contributed by atoms with Gasteiger partial charge in [0.25, 0.3) is 11.8 Å². The highest BCUT2D eigenvalue weighted by Crippen LogP contribution is 2.55. The SMILES string of the molecule is O=C(Nc1c(I)cc(C(F)(C(F)(F)F)C(F)(F)F)cc1C(F)(F)F)c1cccc(N(OC(=O)C2CC2)C(=O)c2ccc(F)cc2)c1F. The van der Waals surface area contributed by atoms with Crippen LogP contribution in [0.3, 0.4) is 0 Å². The van der Waals surface area contributed by atoms with Crippen LogP contribution in [-0.4, -0.2) is 30.1 Å². The summed E-state index contributed by atoms with van der Waals surface area (Å²) >= 11 is 0.822. The van der Waals surface area contributed by atoms with Gasteiger partial charge in [0.05, 0.1) is 22.7 Å². The molecule has 0 unspecified atom stereocenters. The fourth-order valence-corrected chi connectivity index (χ4v) is 4.83. The number of carbonyl (C=O) groups excluding carboxylic acids is 3. The van der Waals surface area contributed by atoms with Crippen molar-refractivity contribution in [2.75, 3.05) is 10.4 Å². The van der Waals surface area contributed by atoms with Crippen LogP contribution in [0, 0.1) is 21.1 Å². The van der Waals surface area contributed by atoms with Crippen molar-refractivity contribution in [3.63, 3.8) is 0 Å². The molecule has 3 aromatic rings. The maximum Gasteiger partial charge on any atom is 0.435 e. The largest absolute Gasteiger partial charge is 0.435 e. The second-order valence-electron chi connectivity index (χ2n) is 9.92. The average molecular weight is 798 g/mol. The predicted octanol–water partition coefficient (Wildman–Crippen LogP) is 8.64. The van der Waals surface area contributed by atoms with Gasteiger partial charge < -0.3 is 10.2 Å². The molecule has 0 spiro atoms. The van der Waals surface area contributed by atoms with Crippen LogP contribution in [0.15, 0.2) is 54.6 Å². The van der Waals surface area contributed by atoms with E-state index in [9.17, 15) is 62.7 Å². The Balaban J connectivity index is 1.78. The number of hydrogen-bond acceptors (Lipinski definition) is 4. The molecule has 1 saturated carbocycles. The van der Waals surface area contributed by atoms with Crippen molar-refractivity contribution < 1.29 is 71.9 Å². The number of benzene rings is 3. The summed E-state index contributed by atoms with van der Waals surface area (Å²) in [5.74, 6) is -7.13. The average Bonchev–Trinajstić information content (AvgIpc) is 3.81. The molecular weight excluding hydrogens is 783 g/mol. The Hall–Kier alpha value is -4.04. The molecule has 0 aliphatic heterocycles. The van der Waals surface area contributed by atoms with E-state index < -0.39 is 97.2 Å². The highest BCUT2D eigenvalue weighted by molar-refractivity contribution is 14.1. The van der Waals surface area contributed by atoms with E-state index in [0.717, 1.165) is 59.0 Å². The Labute approximate surface area is 268 Å². The zero-order valence-electron chi connectivity index (χ0n) is 22.7. The lowest BCUT2D eigenvalue weighted by molar-refractivity contribution is -0.348. The first-order valence-corrected chi connectivity index (χ1v) is 13.8. The number of halogens is 13. The molecule has 252 valence electrons. The zero-order valence-corrected chi connectivity index (χ0v) is 24.8. The van der Waals surface area contributed by atoms with Crippen LogP contribution in [0.25, 0.3) is 0 Å². The van der Waals surface area contributed by atoms with Crippen molar-refractivity contribution >= 4 is 51.7 Å². The molecule has 3 aromatic carbocycles. The fourth-order valence-electron chi connectivity index (χ4n) is 4.07. The summed E-state index contributed by atoms with van der Waals surface area (Å²) in [6, 6.07) is 4.95. The van der Waals surface area contributed by atoms with E-state index in [1.165, 1.54) is 0 Å². The molecule has 0 aromatic heterocycles. The number of nitrogens with one attached hydrogen (secondary N) is 1. The van der Waals surface area contributed by atoms with E-state index in [2.05, 4.69) is 0 Å². The Morgan fingerprint density at radius 2 is 1.40 bits per heavy atom. The molecule has 0 saturated heterocycles. The fraction of sp³-hybridized carbons (Fsp3) is 0.250. The molecule has 4 rings (SSSR count). The van der Waals surface area contributed by atoms with E-state index in [-0.39, 0.29) is 16.7 Å². The lowest BCUT2D eigenvalue weighted by atomic mass is 9.92. The molecule has 1 aliphatic carbocycles. The Bertz CT molecular complexity index is 1700. The first-order chi connectivity index (χ1) is 21.6. The van der Waals surface area contributed by atoms with Gasteiger partial charge in [0, 0.05) is 14.7 Å². The Morgan fingerprint density at radius 3 is 1.91 bits per heavy atom. The van der Waals surface area contributed by atoms with E-state index in [0.29, 0.717) is 18.9 Å². The molecule has 1 fully saturated rings. The van der Waals surface area contributed by atoms with Crippen LogP contribution >= 0.6 is 22.6 Å². The van der Waals surface area contributed by atoms with Crippen LogP contribution in [0.4, 0.5) is 64.1 Å². The van der Waals surface area contributed by atoms with Gasteiger partial charge in [-0.25, -0.2) is 18.0 Å². The van der Waals surface area contributed by atoms with Crippen molar-refractivity contribution in [3.05, 3.63) is 92.1 Å². The minimum absolute atomic E-state index is 0.120. The smallest absolute Gasteiger partial charge is 0.332 e. The normalized spacial score (nSPS) is 14.1. The molecule has 1 N–H and O–H groups in total. The summed E-state index contributed by atoms with van der Waals surface area (Å²) in [5.41, 5.74) is -14.9. The first kappa shape index (κ1) is 35.8. The van der Waals surface area contributed by atoms with Crippen LogP contribution < -0.4 is 10.4 Å². The molecule has 19 heteroatoms. The molecule has 1 aliphatic rings. The molecular formula is C28H15F12IN2O4. The van der Waals surface area contributed by atoms with Crippen LogP contribution in [-0.2, 0) is 21.5 Å². The van der Waals surface area contributed by atoms with Crippen molar-refractivity contribution in [1.82, 2.24) is 0 Å². The maximum absolute atomic E-state index is 15.8. The number of hydrogen-bond donors (Lipinski definition) is 1. The van der Waals surface area contributed by atoms with Crippen molar-refractivity contribution in [1.29, 1.82) is 0 Å². The third-order valence-corrected chi connectivity index (χ3v) is 7.47. The molecule has 0 bridgehead atoms. The Morgan fingerprint density at radius 1 is 0.830 bits per heavy atom. The van der Waals surface area contributed by atoms with E-state index in [1.807, 2.05) is 0 Å². The Kier molecular flexibility index (Phi) is 9.54. The lowest BCUT2D eigenvalue weighted by Crippen LogP contribution is -2.50. The molecule has 0 heterocycles. The number of rotatable bonds is 6. The standard InChI is InChI=1S/C28H15F12IN2O4/c29-15-8-6-12(7-9-15)23(45)43(47-24(46)13-4-5-13)19-3-1-2-16(20(19)30)22(44)42-21-17(26(32,33)34)10-14(11-18(21)41)25(31,27(35,36)37)28(38,39)40/h1-3,6-11,13H,4-5H2,(H,42,44). The third-order valence-electron chi connectivity index (χ3n) is 6.62. The number of alkyl halides is 10. The third kappa shape index (κ3) is 7.13. The van der Waals surface area contributed by atoms with Crippen LogP contribution in [0.5, 0.6) is 0 Å². The number of anilines is 2. The van der Waals surface area contributed by atoms with Gasteiger partial charge in [0.15, 0.2) is 5.82 Å². The summed E-state index contributed by atoms with van der Waals surface area (Å²) in [6.45, 7) is 0. The number of nitrogens with zero attached hydrogens (tertiary/aromatic N) is 1. The van der Waals surface area contributed by atoms with Gasteiger partial charge in [-0.15, -0.1) is 5.06 Å². The molecule has 0 atom stereocenters. The first-order valence-electron chi connectivity index (χ1n) is 12.7. The van der Waals surface area contributed by atoms with Gasteiger partial charge in [0.1, 0.15) is 11.5 Å². The van der Waals surface area contributed by atoms with Gasteiger partial charge in [-0.3, -0.25) is 9.59 Å². The van der Waals surface area contributed by atoms with Gasteiger partial charge in [0.2, 0.25) is 0 Å². The second-order valence-corrected chi connectivity index (χ2v) is 11.1. The monoisotopic (exact) mass is 798 g/mol. The number of carbonyl (C=O) groups is 3. The quantitative estimate of drug-likeness (QED) is 0.154. The van der Waals surface area contributed by atoms with Crippen LogP contribution in [0.2, 0.25) is 0 Å². The summed E-state index contributed by atoms with van der Waals surface area (Å²) in [4.78, 5) is 43.6. The highest BCUT2D eigenvalue weighted by Gasteiger charge is 2.73. The summed E-state index contributed by atoms with van der Waals surface area (Å²) < 4.78 is 164. The molecule has 6 nitrogen and oxygen atoms in total. The summed E-state index contributed by atoms with van der Waals surface area (Å²) in [5, 5.41) is 1.68. The maximum atomic E-state index is 15.8. The number of hydroxylamine groups is 1. The van der Waals surface area contributed by atoms with Gasteiger partial charge in [-0.05, 0) is 84.0 Å². The zero-order chi connectivity index (χ0) is 35.3. The predicted molar refractivity (Wildman–Crippen MR) is 145 cm³/mol. The van der Waals surface area contributed by atoms with E-state index in [4.69, 9.17) is 4.84 Å². The van der Waals surface area contributed by atoms with Crippen molar-refractivity contribution in [3.8, 4) is 0 Å². The molecule has 0 radical (unpaired) electrons. The highest BCUT2D eigenvalue weighted by atomic mass is 127. The van der Waals surface area contributed by atoms with Gasteiger partial charge >= 0.3 is 30.2 Å². The lowest BCUT2D eigenvalue weighted by Gasteiger charge is -2.31. The van der Waals surface area contributed by atoms with E-state index >= 15 is 4.39 Å². The van der Waals surface area contributed by atoms with Gasteiger partial charge in [-0.1, -0.05) is 6.07 Å². The van der Waals surface area contributed by atoms with Gasteiger partial charge in [-0.2, -0.15) is 39.5 Å². The number of amides is 2. The minimum Gasteiger partial charge on any atom is -0.332 e. The van der Waals surface area contributed by atoms with E-state index in [1.54, 1.807) is 5.32 Å². The molecule has 47 heavy (non-hydrogen) atoms. The van der Waals surface area contributed by atoms with Crippen molar-refractivity contribution in [2.45, 2.75) is 37.0 Å². The summed E-state index contributed by atoms with van der Waals surface area (Å²) in [6.07, 6.45) is -18.6. The van der Waals surface area contributed by atoms with Crippen LogP contribution in [0.1, 0.15) is 44.7 Å². The van der Waals surface area contributed by atoms with Crippen molar-refractivity contribution in [2.24, 2.45) is 5.92 Å². The minimum atomic E-state index is -6.76. The topological polar surface area (TPSA) is 75.7 Å². The second kappa shape index (κ2) is 12.5. The molecule has 2 amide bonds. The summed E-state index contributed by atoms with van der Waals surface area (Å²) in [7, 11) is 0.